The molecule has 2 aromatic carbocycles. The Morgan fingerprint density at radius 1 is 1.03 bits per heavy atom. The van der Waals surface area contributed by atoms with E-state index < -0.39 is 17.2 Å². The second kappa shape index (κ2) is 8.59. The van der Waals surface area contributed by atoms with Gasteiger partial charge in [-0.15, -0.1) is 0 Å². The molecule has 9 nitrogen and oxygen atoms in total. The summed E-state index contributed by atoms with van der Waals surface area (Å²) in [5, 5.41) is 34.2. The fraction of sp³-hybridized carbons (Fsp3) is 0.300. The number of aromatic hydroxyl groups is 3. The quantitative estimate of drug-likeness (QED) is 0.499. The highest BCUT2D eigenvalue weighted by Crippen LogP contribution is 2.35. The molecule has 1 fully saturated rings. The first kappa shape index (κ1) is 20.1. The Hall–Kier alpha value is -3.62. The highest BCUT2D eigenvalue weighted by atomic mass is 16.5. The molecule has 1 heterocycles. The number of benzene rings is 2. The van der Waals surface area contributed by atoms with Crippen LogP contribution in [0, 0.1) is 0 Å². The van der Waals surface area contributed by atoms with E-state index in [-0.39, 0.29) is 23.5 Å². The number of urea groups is 1. The van der Waals surface area contributed by atoms with Crippen molar-refractivity contribution in [2.24, 2.45) is 0 Å². The van der Waals surface area contributed by atoms with Gasteiger partial charge < -0.3 is 35.6 Å². The number of hydrogen-bond acceptors (Lipinski definition) is 6. The van der Waals surface area contributed by atoms with E-state index in [0.717, 1.165) is 12.1 Å². The van der Waals surface area contributed by atoms with Crippen LogP contribution in [-0.4, -0.2) is 58.4 Å². The average molecular weight is 401 g/mol. The maximum Gasteiger partial charge on any atom is 0.319 e. The number of hydrogen-bond donors (Lipinski definition) is 5. The third kappa shape index (κ3) is 4.81. The molecule has 0 radical (unpaired) electrons. The zero-order chi connectivity index (χ0) is 21.0. The van der Waals surface area contributed by atoms with Gasteiger partial charge in [0.25, 0.3) is 5.91 Å². The lowest BCUT2D eigenvalue weighted by Gasteiger charge is -2.32. The van der Waals surface area contributed by atoms with Gasteiger partial charge in [-0.3, -0.25) is 4.79 Å². The Labute approximate surface area is 167 Å². The number of piperidine rings is 1. The summed E-state index contributed by atoms with van der Waals surface area (Å²) < 4.78 is 5.08. The number of nitrogens with one attached hydrogen (secondary N) is 2. The first-order valence-corrected chi connectivity index (χ1v) is 9.13. The standard InChI is InChI=1S/C20H23N3O6/c1-29-15-4-2-13(3-5-15)21-20(28)22-14-6-8-23(9-7-14)19(27)12-10-16(24)18(26)17(25)11-12/h2-5,10-11,14,24-26H,6-9H2,1H3,(H2,21,22,28). The minimum atomic E-state index is -0.660. The molecule has 0 atom stereocenters. The molecule has 2 aromatic rings. The van der Waals surface area contributed by atoms with Crippen LogP contribution in [0.25, 0.3) is 0 Å². The summed E-state index contributed by atoms with van der Waals surface area (Å²) in [7, 11) is 1.57. The largest absolute Gasteiger partial charge is 0.504 e. The average Bonchev–Trinajstić information content (AvgIpc) is 2.72. The first-order valence-electron chi connectivity index (χ1n) is 9.13. The summed E-state index contributed by atoms with van der Waals surface area (Å²) in [5.41, 5.74) is 0.726. The molecule has 0 bridgehead atoms. The second-order valence-corrected chi connectivity index (χ2v) is 6.76. The van der Waals surface area contributed by atoms with Gasteiger partial charge in [-0.1, -0.05) is 0 Å². The number of carbonyl (C=O) groups excluding carboxylic acids is 2. The van der Waals surface area contributed by atoms with Crippen molar-refractivity contribution < 1.29 is 29.6 Å². The Bertz CT molecular complexity index is 869. The van der Waals surface area contributed by atoms with Crippen LogP contribution in [-0.2, 0) is 0 Å². The number of methoxy groups -OCH3 is 1. The minimum Gasteiger partial charge on any atom is -0.504 e. The van der Waals surface area contributed by atoms with Gasteiger partial charge in [-0.2, -0.15) is 0 Å². The van der Waals surface area contributed by atoms with E-state index in [2.05, 4.69) is 10.6 Å². The van der Waals surface area contributed by atoms with Crippen molar-refractivity contribution in [3.8, 4) is 23.0 Å². The van der Waals surface area contributed by atoms with Crippen LogP contribution in [0.5, 0.6) is 23.0 Å². The van der Waals surface area contributed by atoms with E-state index in [9.17, 15) is 24.9 Å². The maximum atomic E-state index is 12.5. The molecule has 3 amide bonds. The SMILES string of the molecule is COc1ccc(NC(=O)NC2CCN(C(=O)c3cc(O)c(O)c(O)c3)CC2)cc1. The van der Waals surface area contributed by atoms with Crippen molar-refractivity contribution in [1.82, 2.24) is 10.2 Å². The van der Waals surface area contributed by atoms with Crippen LogP contribution < -0.4 is 15.4 Å². The normalized spacial score (nSPS) is 14.3. The highest BCUT2D eigenvalue weighted by molar-refractivity contribution is 5.95. The van der Waals surface area contributed by atoms with Crippen molar-refractivity contribution in [3.05, 3.63) is 42.0 Å². The second-order valence-electron chi connectivity index (χ2n) is 6.76. The summed E-state index contributed by atoms with van der Waals surface area (Å²) in [6.45, 7) is 0.823. The lowest BCUT2D eigenvalue weighted by atomic mass is 10.0. The topological polar surface area (TPSA) is 131 Å². The molecular formula is C20H23N3O6. The Balaban J connectivity index is 1.50. The number of ether oxygens (including phenoxy) is 1. The summed E-state index contributed by atoms with van der Waals surface area (Å²) in [5.74, 6) is -1.44. The molecule has 0 saturated carbocycles. The van der Waals surface area contributed by atoms with E-state index in [1.165, 1.54) is 0 Å². The Morgan fingerprint density at radius 2 is 1.62 bits per heavy atom. The molecule has 0 aliphatic carbocycles. The molecule has 154 valence electrons. The number of carbonyl (C=O) groups is 2. The van der Waals surface area contributed by atoms with Gasteiger partial charge in [0.15, 0.2) is 17.2 Å². The Morgan fingerprint density at radius 3 is 2.17 bits per heavy atom. The van der Waals surface area contributed by atoms with Crippen LogP contribution >= 0.6 is 0 Å². The van der Waals surface area contributed by atoms with Crippen molar-refractivity contribution in [2.45, 2.75) is 18.9 Å². The number of rotatable bonds is 4. The zero-order valence-electron chi connectivity index (χ0n) is 15.9. The molecule has 5 N–H and O–H groups in total. The monoisotopic (exact) mass is 401 g/mol. The predicted molar refractivity (Wildman–Crippen MR) is 106 cm³/mol. The van der Waals surface area contributed by atoms with Gasteiger partial charge in [0, 0.05) is 30.4 Å². The maximum absolute atomic E-state index is 12.5. The first-order chi connectivity index (χ1) is 13.9. The fourth-order valence-electron chi connectivity index (χ4n) is 3.16. The number of anilines is 1. The molecule has 0 aromatic heterocycles. The summed E-state index contributed by atoms with van der Waals surface area (Å²) in [6.07, 6.45) is 1.13. The van der Waals surface area contributed by atoms with E-state index in [1.807, 2.05) is 0 Å². The molecule has 29 heavy (non-hydrogen) atoms. The van der Waals surface area contributed by atoms with E-state index >= 15 is 0 Å². The fourth-order valence-corrected chi connectivity index (χ4v) is 3.16. The van der Waals surface area contributed by atoms with Crippen LogP contribution in [0.4, 0.5) is 10.5 Å². The number of likely N-dealkylation sites (tertiary alicyclic amines) is 1. The van der Waals surface area contributed by atoms with Crippen molar-refractivity contribution in [2.75, 3.05) is 25.5 Å². The third-order valence-electron chi connectivity index (χ3n) is 4.78. The van der Waals surface area contributed by atoms with E-state index in [1.54, 1.807) is 36.3 Å². The highest BCUT2D eigenvalue weighted by Gasteiger charge is 2.25. The zero-order valence-corrected chi connectivity index (χ0v) is 15.9. The number of phenols is 3. The van der Waals surface area contributed by atoms with Crippen LogP contribution in [0.2, 0.25) is 0 Å². The lowest BCUT2D eigenvalue weighted by Crippen LogP contribution is -2.47. The van der Waals surface area contributed by atoms with E-state index in [4.69, 9.17) is 4.74 Å². The van der Waals surface area contributed by atoms with Crippen molar-refractivity contribution in [1.29, 1.82) is 0 Å². The summed E-state index contributed by atoms with van der Waals surface area (Å²) in [6, 6.07) is 8.79. The number of nitrogens with zero attached hydrogens (tertiary/aromatic N) is 1. The van der Waals surface area contributed by atoms with Gasteiger partial charge in [0.2, 0.25) is 0 Å². The summed E-state index contributed by atoms with van der Waals surface area (Å²) in [4.78, 5) is 26.3. The molecule has 0 unspecified atom stereocenters. The van der Waals surface area contributed by atoms with Crippen LogP contribution in [0.3, 0.4) is 0 Å². The van der Waals surface area contributed by atoms with Gasteiger partial charge >= 0.3 is 6.03 Å². The summed E-state index contributed by atoms with van der Waals surface area (Å²) >= 11 is 0. The van der Waals surface area contributed by atoms with Crippen molar-refractivity contribution in [3.63, 3.8) is 0 Å². The molecule has 0 spiro atoms. The molecule has 3 rings (SSSR count). The molecule has 1 aliphatic heterocycles. The smallest absolute Gasteiger partial charge is 0.319 e. The third-order valence-corrected chi connectivity index (χ3v) is 4.78. The number of amides is 3. The van der Waals surface area contributed by atoms with Gasteiger partial charge in [-0.05, 0) is 49.2 Å². The van der Waals surface area contributed by atoms with E-state index in [0.29, 0.717) is 37.4 Å². The molecule has 9 heteroatoms. The van der Waals surface area contributed by atoms with Gasteiger partial charge in [-0.25, -0.2) is 4.79 Å². The van der Waals surface area contributed by atoms with Gasteiger partial charge in [0.1, 0.15) is 5.75 Å². The van der Waals surface area contributed by atoms with Crippen LogP contribution in [0.1, 0.15) is 23.2 Å². The number of phenolic OH excluding ortho intramolecular Hbond substituents is 3. The minimum absolute atomic E-state index is 0.0843. The van der Waals surface area contributed by atoms with Crippen molar-refractivity contribution >= 4 is 17.6 Å². The van der Waals surface area contributed by atoms with Crippen LogP contribution in [0.15, 0.2) is 36.4 Å². The molecule has 1 saturated heterocycles. The predicted octanol–water partition coefficient (Wildman–Crippen LogP) is 2.24. The molecular weight excluding hydrogens is 378 g/mol. The van der Waals surface area contributed by atoms with Gasteiger partial charge in [0.05, 0.1) is 7.11 Å². The lowest BCUT2D eigenvalue weighted by molar-refractivity contribution is 0.0708. The Kier molecular flexibility index (Phi) is 5.96. The molecule has 1 aliphatic rings.